The molecule has 2 amide bonds. The maximum atomic E-state index is 12.5. The minimum Gasteiger partial charge on any atom is -0.350 e. The second-order valence-corrected chi connectivity index (χ2v) is 7.92. The number of hydrogen-bond acceptors (Lipinski definition) is 3. The summed E-state index contributed by atoms with van der Waals surface area (Å²) in [7, 11) is 0. The fourth-order valence-corrected chi connectivity index (χ4v) is 3.42. The predicted molar refractivity (Wildman–Crippen MR) is 120 cm³/mol. The standard InChI is InChI=1S/C24H28N4O2/c1-16(2)14-17(3)25-24(30)20-10-12-21(13-11-20)28-23(26-18(4)29)15-22(27-28)19-8-6-5-7-9-19/h5-13,15-17H,14H2,1-4H3,(H,25,30)(H,26,29). The second-order valence-electron chi connectivity index (χ2n) is 7.92. The van der Waals surface area contributed by atoms with Crippen LogP contribution in [0.3, 0.4) is 0 Å². The number of amides is 2. The molecule has 0 bridgehead atoms. The van der Waals surface area contributed by atoms with Gasteiger partial charge in [0.2, 0.25) is 5.91 Å². The lowest BCUT2D eigenvalue weighted by Gasteiger charge is -2.16. The summed E-state index contributed by atoms with van der Waals surface area (Å²) in [6.07, 6.45) is 0.930. The average molecular weight is 405 g/mol. The Morgan fingerprint density at radius 2 is 1.67 bits per heavy atom. The highest BCUT2D eigenvalue weighted by molar-refractivity contribution is 5.94. The highest BCUT2D eigenvalue weighted by Gasteiger charge is 2.14. The molecule has 0 aliphatic carbocycles. The monoisotopic (exact) mass is 404 g/mol. The molecule has 6 heteroatoms. The third kappa shape index (κ3) is 5.35. The largest absolute Gasteiger partial charge is 0.350 e. The number of hydrogen-bond donors (Lipinski definition) is 2. The molecule has 1 unspecified atom stereocenters. The van der Waals surface area contributed by atoms with Crippen molar-refractivity contribution in [1.82, 2.24) is 15.1 Å². The third-order valence-electron chi connectivity index (χ3n) is 4.66. The fraction of sp³-hybridized carbons (Fsp3) is 0.292. The Bertz CT molecular complexity index is 1010. The minimum absolute atomic E-state index is 0.0952. The molecule has 1 atom stereocenters. The van der Waals surface area contributed by atoms with Gasteiger partial charge < -0.3 is 10.6 Å². The SMILES string of the molecule is CC(=O)Nc1cc(-c2ccccc2)nn1-c1ccc(C(=O)NC(C)CC(C)C)cc1. The van der Waals surface area contributed by atoms with Crippen molar-refractivity contribution >= 4 is 17.6 Å². The van der Waals surface area contributed by atoms with E-state index in [0.29, 0.717) is 17.3 Å². The van der Waals surface area contributed by atoms with Crippen molar-refractivity contribution in [1.29, 1.82) is 0 Å². The number of nitrogens with zero attached hydrogens (tertiary/aromatic N) is 2. The van der Waals surface area contributed by atoms with Gasteiger partial charge >= 0.3 is 0 Å². The summed E-state index contributed by atoms with van der Waals surface area (Å²) in [5, 5.41) is 10.5. The third-order valence-corrected chi connectivity index (χ3v) is 4.66. The van der Waals surface area contributed by atoms with Crippen LogP contribution in [0.1, 0.15) is 44.5 Å². The molecule has 0 aliphatic rings. The number of rotatable bonds is 7. The number of carbonyl (C=O) groups is 2. The zero-order chi connectivity index (χ0) is 21.7. The molecule has 0 saturated heterocycles. The van der Waals surface area contributed by atoms with E-state index < -0.39 is 0 Å². The zero-order valence-corrected chi connectivity index (χ0v) is 17.8. The van der Waals surface area contributed by atoms with Gasteiger partial charge in [0, 0.05) is 30.2 Å². The molecule has 0 fully saturated rings. The van der Waals surface area contributed by atoms with E-state index in [2.05, 4.69) is 29.6 Å². The van der Waals surface area contributed by atoms with Gasteiger partial charge in [0.1, 0.15) is 5.82 Å². The summed E-state index contributed by atoms with van der Waals surface area (Å²) in [6.45, 7) is 7.75. The molecule has 156 valence electrons. The van der Waals surface area contributed by atoms with Gasteiger partial charge in [-0.1, -0.05) is 44.2 Å². The molecule has 0 saturated carbocycles. The van der Waals surface area contributed by atoms with Crippen LogP contribution in [0.2, 0.25) is 0 Å². The van der Waals surface area contributed by atoms with Gasteiger partial charge in [0.25, 0.3) is 5.91 Å². The van der Waals surface area contributed by atoms with Crippen molar-refractivity contribution in [2.75, 3.05) is 5.32 Å². The lowest BCUT2D eigenvalue weighted by Crippen LogP contribution is -2.33. The van der Waals surface area contributed by atoms with Crippen LogP contribution in [0.25, 0.3) is 16.9 Å². The molecule has 0 aliphatic heterocycles. The highest BCUT2D eigenvalue weighted by Crippen LogP contribution is 2.25. The van der Waals surface area contributed by atoms with Gasteiger partial charge in [-0.2, -0.15) is 5.10 Å². The van der Waals surface area contributed by atoms with E-state index in [4.69, 9.17) is 0 Å². The maximum absolute atomic E-state index is 12.5. The highest BCUT2D eigenvalue weighted by atomic mass is 16.2. The smallest absolute Gasteiger partial charge is 0.251 e. The lowest BCUT2D eigenvalue weighted by atomic mass is 10.0. The summed E-state index contributed by atoms with van der Waals surface area (Å²) >= 11 is 0. The van der Waals surface area contributed by atoms with Gasteiger partial charge in [0.05, 0.1) is 11.4 Å². The van der Waals surface area contributed by atoms with E-state index in [1.807, 2.05) is 55.5 Å². The fourth-order valence-electron chi connectivity index (χ4n) is 3.42. The molecule has 30 heavy (non-hydrogen) atoms. The van der Waals surface area contributed by atoms with Crippen molar-refractivity contribution in [3.05, 3.63) is 66.2 Å². The van der Waals surface area contributed by atoms with E-state index in [0.717, 1.165) is 23.4 Å². The van der Waals surface area contributed by atoms with E-state index in [9.17, 15) is 9.59 Å². The summed E-state index contributed by atoms with van der Waals surface area (Å²) in [5.41, 5.74) is 3.06. The van der Waals surface area contributed by atoms with Crippen LogP contribution in [0.4, 0.5) is 5.82 Å². The number of aromatic nitrogens is 2. The van der Waals surface area contributed by atoms with Crippen LogP contribution in [0.5, 0.6) is 0 Å². The Morgan fingerprint density at radius 3 is 2.27 bits per heavy atom. The molecule has 0 radical (unpaired) electrons. The van der Waals surface area contributed by atoms with Crippen molar-refractivity contribution < 1.29 is 9.59 Å². The zero-order valence-electron chi connectivity index (χ0n) is 17.8. The van der Waals surface area contributed by atoms with Crippen LogP contribution in [-0.4, -0.2) is 27.6 Å². The maximum Gasteiger partial charge on any atom is 0.251 e. The predicted octanol–water partition coefficient (Wildman–Crippen LogP) is 4.66. The van der Waals surface area contributed by atoms with Crippen molar-refractivity contribution in [3.8, 4) is 16.9 Å². The molecule has 1 heterocycles. The molecule has 2 N–H and O–H groups in total. The summed E-state index contributed by atoms with van der Waals surface area (Å²) < 4.78 is 1.67. The summed E-state index contributed by atoms with van der Waals surface area (Å²) in [6, 6.07) is 18.9. The van der Waals surface area contributed by atoms with Crippen molar-refractivity contribution in [2.24, 2.45) is 5.92 Å². The van der Waals surface area contributed by atoms with Crippen LogP contribution in [0, 0.1) is 5.92 Å². The average Bonchev–Trinajstić information content (AvgIpc) is 3.11. The quantitative estimate of drug-likeness (QED) is 0.601. The molecular weight excluding hydrogens is 376 g/mol. The Kier molecular flexibility index (Phi) is 6.67. The van der Waals surface area contributed by atoms with Crippen molar-refractivity contribution in [2.45, 2.75) is 40.2 Å². The van der Waals surface area contributed by atoms with E-state index >= 15 is 0 Å². The van der Waals surface area contributed by atoms with Crippen LogP contribution in [-0.2, 0) is 4.79 Å². The molecule has 6 nitrogen and oxygen atoms in total. The number of carbonyl (C=O) groups excluding carboxylic acids is 2. The second kappa shape index (κ2) is 9.39. The first kappa shape index (κ1) is 21.3. The lowest BCUT2D eigenvalue weighted by molar-refractivity contribution is -0.114. The first-order valence-corrected chi connectivity index (χ1v) is 10.2. The van der Waals surface area contributed by atoms with Crippen LogP contribution < -0.4 is 10.6 Å². The topological polar surface area (TPSA) is 76.0 Å². The van der Waals surface area contributed by atoms with E-state index in [1.165, 1.54) is 6.92 Å². The van der Waals surface area contributed by atoms with Crippen molar-refractivity contribution in [3.63, 3.8) is 0 Å². The van der Waals surface area contributed by atoms with Gasteiger partial charge in [-0.15, -0.1) is 0 Å². The number of anilines is 1. The summed E-state index contributed by atoms with van der Waals surface area (Å²) in [4.78, 5) is 24.2. The molecule has 1 aromatic heterocycles. The van der Waals surface area contributed by atoms with Crippen LogP contribution in [0.15, 0.2) is 60.7 Å². The Hall–Kier alpha value is -3.41. The Balaban J connectivity index is 1.85. The first-order chi connectivity index (χ1) is 14.3. The number of nitrogens with one attached hydrogen (secondary N) is 2. The van der Waals surface area contributed by atoms with Gasteiger partial charge in [-0.25, -0.2) is 4.68 Å². The molecule has 2 aromatic carbocycles. The van der Waals surface area contributed by atoms with E-state index in [1.54, 1.807) is 16.8 Å². The normalized spacial score (nSPS) is 11.9. The molecule has 0 spiro atoms. The number of benzene rings is 2. The summed E-state index contributed by atoms with van der Waals surface area (Å²) in [5.74, 6) is 0.825. The van der Waals surface area contributed by atoms with E-state index in [-0.39, 0.29) is 17.9 Å². The minimum atomic E-state index is -0.175. The molecule has 3 aromatic rings. The van der Waals surface area contributed by atoms with Crippen LogP contribution >= 0.6 is 0 Å². The molecular formula is C24H28N4O2. The Labute approximate surface area is 177 Å². The Morgan fingerprint density at radius 1 is 1.00 bits per heavy atom. The van der Waals surface area contributed by atoms with Gasteiger partial charge in [-0.3, -0.25) is 9.59 Å². The van der Waals surface area contributed by atoms with Gasteiger partial charge in [0.15, 0.2) is 0 Å². The first-order valence-electron chi connectivity index (χ1n) is 10.2. The molecule has 3 rings (SSSR count). The van der Waals surface area contributed by atoms with Gasteiger partial charge in [-0.05, 0) is 43.5 Å².